The van der Waals surface area contributed by atoms with Crippen LogP contribution in [-0.4, -0.2) is 35.5 Å². The highest BCUT2D eigenvalue weighted by Gasteiger charge is 2.21. The lowest BCUT2D eigenvalue weighted by Gasteiger charge is -2.14. The van der Waals surface area contributed by atoms with Gasteiger partial charge in [0.25, 0.3) is 20.0 Å². The Morgan fingerprint density at radius 3 is 2.12 bits per heavy atom. The van der Waals surface area contributed by atoms with E-state index in [1.165, 1.54) is 50.6 Å². The van der Waals surface area contributed by atoms with Crippen LogP contribution < -0.4 is 4.72 Å². The molecule has 0 amide bonds. The highest BCUT2D eigenvalue weighted by molar-refractivity contribution is 7.92. The second-order valence-corrected chi connectivity index (χ2v) is 8.65. The smallest absolute Gasteiger partial charge is 0.264 e. The lowest BCUT2D eigenvalue weighted by atomic mass is 10.3. The normalized spacial score (nSPS) is 12.3. The van der Waals surface area contributed by atoms with E-state index >= 15 is 0 Å². The second kappa shape index (κ2) is 7.08. The van der Waals surface area contributed by atoms with Crippen LogP contribution in [-0.2, 0) is 24.9 Å². The van der Waals surface area contributed by atoms with Crippen molar-refractivity contribution >= 4 is 37.3 Å². The molecule has 0 aliphatic rings. The second-order valence-electron chi connectivity index (χ2n) is 4.66. The highest BCUT2D eigenvalue weighted by Crippen LogP contribution is 2.24. The topological polar surface area (TPSA) is 92.8 Å². The predicted octanol–water partition coefficient (Wildman–Crippen LogP) is 2.32. The minimum absolute atomic E-state index is 0.0347. The van der Waals surface area contributed by atoms with Crippen LogP contribution in [0.2, 0.25) is 5.02 Å². The Hall–Kier alpha value is -1.65. The zero-order valence-corrected chi connectivity index (χ0v) is 15.2. The molecule has 0 saturated heterocycles. The van der Waals surface area contributed by atoms with Crippen LogP contribution in [0.15, 0.2) is 58.3 Å². The Kier molecular flexibility index (Phi) is 5.51. The zero-order chi connectivity index (χ0) is 18.0. The molecule has 0 bridgehead atoms. The molecule has 2 aromatic rings. The number of hydrogen-bond acceptors (Lipinski definition) is 5. The summed E-state index contributed by atoms with van der Waals surface area (Å²) in [6.07, 6.45) is 0. The van der Waals surface area contributed by atoms with Gasteiger partial charge in [-0.2, -0.15) is 0 Å². The van der Waals surface area contributed by atoms with Crippen LogP contribution in [0.1, 0.15) is 0 Å². The minimum Gasteiger partial charge on any atom is -0.288 e. The number of nitrogens with one attached hydrogen (secondary N) is 1. The summed E-state index contributed by atoms with van der Waals surface area (Å²) in [5.74, 6) is 0. The number of sulfonamides is 2. The Labute approximate surface area is 145 Å². The van der Waals surface area contributed by atoms with Gasteiger partial charge in [-0.15, -0.1) is 0 Å². The van der Waals surface area contributed by atoms with Gasteiger partial charge in [-0.1, -0.05) is 28.2 Å². The van der Waals surface area contributed by atoms with E-state index in [1.54, 1.807) is 12.1 Å². The van der Waals surface area contributed by atoms with Crippen LogP contribution in [0.25, 0.3) is 0 Å². The fraction of sp³-hybridized carbons (Fsp3) is 0.143. The summed E-state index contributed by atoms with van der Waals surface area (Å²) >= 11 is 5.89. The Morgan fingerprint density at radius 2 is 1.58 bits per heavy atom. The molecule has 0 fully saturated rings. The van der Waals surface area contributed by atoms with E-state index < -0.39 is 20.0 Å². The van der Waals surface area contributed by atoms with Crippen molar-refractivity contribution in [1.82, 2.24) is 4.47 Å². The van der Waals surface area contributed by atoms with E-state index in [0.29, 0.717) is 4.47 Å². The number of rotatable bonds is 6. The van der Waals surface area contributed by atoms with Crippen molar-refractivity contribution in [3.8, 4) is 0 Å². The first kappa shape index (κ1) is 18.7. The lowest BCUT2D eigenvalue weighted by molar-refractivity contribution is -0.0258. The van der Waals surface area contributed by atoms with Crippen molar-refractivity contribution in [2.45, 2.75) is 9.79 Å². The molecule has 0 aliphatic heterocycles. The number of hydroxylamine groups is 1. The fourth-order valence-corrected chi connectivity index (χ4v) is 4.37. The molecule has 130 valence electrons. The third-order valence-electron chi connectivity index (χ3n) is 3.13. The quantitative estimate of drug-likeness (QED) is 0.764. The first-order valence-corrected chi connectivity index (χ1v) is 9.89. The number of anilines is 1. The molecule has 0 heterocycles. The fourth-order valence-electron chi connectivity index (χ4n) is 1.81. The van der Waals surface area contributed by atoms with E-state index in [1.807, 2.05) is 0 Å². The molecule has 0 aromatic heterocycles. The van der Waals surface area contributed by atoms with Gasteiger partial charge < -0.3 is 0 Å². The summed E-state index contributed by atoms with van der Waals surface area (Å²) in [5.41, 5.74) is 0.203. The van der Waals surface area contributed by atoms with Crippen LogP contribution in [0.5, 0.6) is 0 Å². The standard InChI is InChI=1S/C14H15ClN2O5S2/c1-17(22-2)24(20,21)12-9-7-11(8-10-12)16-23(18,19)14-6-4-3-5-13(14)15/h3-10,16H,1-2H3. The molecule has 0 spiro atoms. The van der Waals surface area contributed by atoms with Gasteiger partial charge in [0.05, 0.1) is 17.0 Å². The summed E-state index contributed by atoms with van der Waals surface area (Å²) in [5, 5.41) is 0.0888. The molecule has 1 N–H and O–H groups in total. The van der Waals surface area contributed by atoms with Crippen LogP contribution >= 0.6 is 11.6 Å². The van der Waals surface area contributed by atoms with Gasteiger partial charge in [0.2, 0.25) is 0 Å². The Bertz CT molecular complexity index is 928. The molecule has 0 unspecified atom stereocenters. The summed E-state index contributed by atoms with van der Waals surface area (Å²) in [4.78, 5) is 4.57. The van der Waals surface area contributed by atoms with Crippen molar-refractivity contribution in [2.24, 2.45) is 0 Å². The van der Waals surface area contributed by atoms with E-state index in [-0.39, 0.29) is 20.5 Å². The highest BCUT2D eigenvalue weighted by atomic mass is 35.5. The summed E-state index contributed by atoms with van der Waals surface area (Å²) in [7, 11) is -5.20. The Balaban J connectivity index is 2.28. The molecular formula is C14H15ClN2O5S2. The monoisotopic (exact) mass is 390 g/mol. The summed E-state index contributed by atoms with van der Waals surface area (Å²) in [6.45, 7) is 0. The molecule has 0 saturated carbocycles. The van der Waals surface area contributed by atoms with Crippen molar-refractivity contribution < 1.29 is 21.7 Å². The largest absolute Gasteiger partial charge is 0.288 e. The third kappa shape index (κ3) is 3.87. The minimum atomic E-state index is -3.88. The van der Waals surface area contributed by atoms with Crippen LogP contribution in [0.3, 0.4) is 0 Å². The molecule has 0 atom stereocenters. The van der Waals surface area contributed by atoms with Crippen molar-refractivity contribution in [3.63, 3.8) is 0 Å². The lowest BCUT2D eigenvalue weighted by Crippen LogP contribution is -2.25. The van der Waals surface area contributed by atoms with Crippen molar-refractivity contribution in [2.75, 3.05) is 18.9 Å². The maximum absolute atomic E-state index is 12.3. The van der Waals surface area contributed by atoms with E-state index in [0.717, 1.165) is 0 Å². The van der Waals surface area contributed by atoms with Gasteiger partial charge in [0, 0.05) is 12.7 Å². The maximum atomic E-state index is 12.3. The first-order valence-electron chi connectivity index (χ1n) is 6.59. The number of halogens is 1. The molecular weight excluding hydrogens is 376 g/mol. The van der Waals surface area contributed by atoms with Gasteiger partial charge in [-0.3, -0.25) is 9.56 Å². The van der Waals surface area contributed by atoms with Gasteiger partial charge in [0.15, 0.2) is 0 Å². The average Bonchev–Trinajstić information content (AvgIpc) is 2.54. The van der Waals surface area contributed by atoms with Gasteiger partial charge >= 0.3 is 0 Å². The summed E-state index contributed by atoms with van der Waals surface area (Å²) in [6, 6.07) is 11.2. The van der Waals surface area contributed by atoms with Crippen molar-refractivity contribution in [3.05, 3.63) is 53.6 Å². The van der Waals surface area contributed by atoms with Crippen molar-refractivity contribution in [1.29, 1.82) is 0 Å². The SMILES string of the molecule is CON(C)S(=O)(=O)c1ccc(NS(=O)(=O)c2ccccc2Cl)cc1. The molecule has 24 heavy (non-hydrogen) atoms. The van der Waals surface area contributed by atoms with Gasteiger partial charge in [-0.25, -0.2) is 16.8 Å². The summed E-state index contributed by atoms with van der Waals surface area (Å²) < 4.78 is 51.8. The predicted molar refractivity (Wildman–Crippen MR) is 90.7 cm³/mol. The maximum Gasteiger partial charge on any atom is 0.264 e. The van der Waals surface area contributed by atoms with Gasteiger partial charge in [-0.05, 0) is 36.4 Å². The van der Waals surface area contributed by atoms with E-state index in [2.05, 4.69) is 9.56 Å². The number of benzene rings is 2. The third-order valence-corrected chi connectivity index (χ3v) is 6.70. The number of hydrogen-bond donors (Lipinski definition) is 1. The first-order chi connectivity index (χ1) is 11.2. The molecule has 10 heteroatoms. The average molecular weight is 391 g/mol. The van der Waals surface area contributed by atoms with Gasteiger partial charge in [0.1, 0.15) is 4.90 Å². The molecule has 7 nitrogen and oxygen atoms in total. The number of nitrogens with zero attached hydrogens (tertiary/aromatic N) is 1. The molecule has 0 radical (unpaired) electrons. The Morgan fingerprint density at radius 1 is 1.00 bits per heavy atom. The van der Waals surface area contributed by atoms with E-state index in [9.17, 15) is 16.8 Å². The molecule has 2 aromatic carbocycles. The van der Waals surface area contributed by atoms with Crippen LogP contribution in [0, 0.1) is 0 Å². The molecule has 2 rings (SSSR count). The zero-order valence-electron chi connectivity index (χ0n) is 12.8. The van der Waals surface area contributed by atoms with Crippen LogP contribution in [0.4, 0.5) is 5.69 Å². The van der Waals surface area contributed by atoms with E-state index in [4.69, 9.17) is 11.6 Å². The molecule has 0 aliphatic carbocycles.